The summed E-state index contributed by atoms with van der Waals surface area (Å²) in [6, 6.07) is 5.88. The van der Waals surface area contributed by atoms with E-state index >= 15 is 0 Å². The topological polar surface area (TPSA) is 52.8 Å². The Hall–Kier alpha value is -3.40. The maximum Gasteiger partial charge on any atom is 0.417 e. The molecule has 4 heterocycles. The van der Waals surface area contributed by atoms with Crippen molar-refractivity contribution in [3.63, 3.8) is 0 Å². The van der Waals surface area contributed by atoms with E-state index in [1.807, 2.05) is 49.6 Å². The molecule has 1 saturated heterocycles. The fraction of sp³-hybridized carbons (Fsp3) is 0.448. The molecule has 0 N–H and O–H groups in total. The normalized spacial score (nSPS) is 21.0. The van der Waals surface area contributed by atoms with E-state index in [4.69, 9.17) is 4.42 Å². The zero-order chi connectivity index (χ0) is 28.1. The second-order valence-electron chi connectivity index (χ2n) is 10.6. The third kappa shape index (κ3) is 5.39. The van der Waals surface area contributed by atoms with Crippen molar-refractivity contribution >= 4 is 28.3 Å². The summed E-state index contributed by atoms with van der Waals surface area (Å²) < 4.78 is 59.2. The molecule has 0 unspecified atom stereocenters. The summed E-state index contributed by atoms with van der Waals surface area (Å²) >= 11 is 0. The molecular weight excluding hydrogens is 512 g/mol. The lowest BCUT2D eigenvalue weighted by Crippen LogP contribution is -2.59. The first kappa shape index (κ1) is 27.2. The number of nitrogens with zero attached hydrogens (tertiary/aromatic N) is 4. The second kappa shape index (κ2) is 10.3. The van der Waals surface area contributed by atoms with Crippen LogP contribution in [-0.2, 0) is 11.0 Å². The van der Waals surface area contributed by atoms with Crippen LogP contribution in [0.2, 0.25) is 0 Å². The number of aromatic nitrogens is 1. The first-order valence-electron chi connectivity index (χ1n) is 13.1. The van der Waals surface area contributed by atoms with Crippen molar-refractivity contribution in [2.45, 2.75) is 52.4 Å². The van der Waals surface area contributed by atoms with Gasteiger partial charge in [-0.1, -0.05) is 6.08 Å². The van der Waals surface area contributed by atoms with Crippen molar-refractivity contribution < 1.29 is 26.8 Å². The van der Waals surface area contributed by atoms with E-state index in [2.05, 4.69) is 9.88 Å². The lowest BCUT2D eigenvalue weighted by atomic mass is 9.97. The first-order chi connectivity index (χ1) is 18.4. The number of fused-ring (bicyclic) bond motifs is 1. The van der Waals surface area contributed by atoms with Crippen molar-refractivity contribution in [1.82, 2.24) is 14.8 Å². The summed E-state index contributed by atoms with van der Waals surface area (Å²) in [6.45, 7) is 10.0. The number of carbonyl (C=O) groups is 1. The van der Waals surface area contributed by atoms with Gasteiger partial charge in [0.25, 0.3) is 0 Å². The van der Waals surface area contributed by atoms with Gasteiger partial charge in [0.2, 0.25) is 5.91 Å². The maximum atomic E-state index is 14.8. The Morgan fingerprint density at radius 3 is 2.44 bits per heavy atom. The van der Waals surface area contributed by atoms with E-state index in [0.717, 1.165) is 29.0 Å². The number of furan rings is 1. The van der Waals surface area contributed by atoms with Crippen LogP contribution in [0.15, 0.2) is 41.0 Å². The van der Waals surface area contributed by atoms with E-state index in [1.165, 1.54) is 6.07 Å². The van der Waals surface area contributed by atoms with Crippen molar-refractivity contribution in [2.75, 3.05) is 37.6 Å². The number of alkyl halides is 3. The number of hydrogen-bond acceptors (Lipinski definition) is 5. The zero-order valence-electron chi connectivity index (χ0n) is 22.5. The van der Waals surface area contributed by atoms with Crippen LogP contribution < -0.4 is 4.90 Å². The van der Waals surface area contributed by atoms with Gasteiger partial charge in [-0.15, -0.1) is 0 Å². The van der Waals surface area contributed by atoms with Crippen LogP contribution in [0.5, 0.6) is 0 Å². The molecule has 1 fully saturated rings. The predicted octanol–water partition coefficient (Wildman–Crippen LogP) is 5.82. The summed E-state index contributed by atoms with van der Waals surface area (Å²) in [7, 11) is 0. The molecule has 2 atom stereocenters. The Labute approximate surface area is 224 Å². The van der Waals surface area contributed by atoms with Crippen LogP contribution in [0.1, 0.15) is 42.7 Å². The molecule has 0 spiro atoms. The number of anilines is 1. The molecule has 1 amide bonds. The molecule has 2 aromatic heterocycles. The Balaban J connectivity index is 1.21. The third-order valence-corrected chi connectivity index (χ3v) is 7.97. The average Bonchev–Trinajstić information content (AvgIpc) is 3.19. The SMILES string of the molecule is Cc1oc2cc(C3=CCN(C(=O)CN4[C@H](C)CN(c5ccc(C(F)(F)F)cn5)C[C@@H]4C)CC3)cc(F)c2c1C. The number of rotatable bonds is 4. The minimum Gasteiger partial charge on any atom is -0.461 e. The van der Waals surface area contributed by atoms with Gasteiger partial charge in [0, 0.05) is 50.0 Å². The molecule has 208 valence electrons. The van der Waals surface area contributed by atoms with Gasteiger partial charge >= 0.3 is 6.18 Å². The molecule has 3 aromatic rings. The highest BCUT2D eigenvalue weighted by Gasteiger charge is 2.34. The molecule has 5 rings (SSSR count). The number of aryl methyl sites for hydroxylation is 2. The molecule has 0 saturated carbocycles. The Bertz CT molecular complexity index is 1400. The van der Waals surface area contributed by atoms with E-state index in [-0.39, 0.29) is 30.4 Å². The quantitative estimate of drug-likeness (QED) is 0.388. The number of pyridine rings is 1. The fourth-order valence-electron chi connectivity index (χ4n) is 5.64. The van der Waals surface area contributed by atoms with Crippen LogP contribution in [0, 0.1) is 19.7 Å². The maximum absolute atomic E-state index is 14.8. The van der Waals surface area contributed by atoms with Crippen LogP contribution in [0.25, 0.3) is 16.5 Å². The van der Waals surface area contributed by atoms with Gasteiger partial charge in [-0.3, -0.25) is 9.69 Å². The fourth-order valence-corrected chi connectivity index (χ4v) is 5.64. The minimum atomic E-state index is -4.42. The minimum absolute atomic E-state index is 0.00704. The number of halogens is 4. The van der Waals surface area contributed by atoms with Gasteiger partial charge in [-0.2, -0.15) is 13.2 Å². The molecule has 2 aliphatic rings. The van der Waals surface area contributed by atoms with Gasteiger partial charge in [0.05, 0.1) is 17.5 Å². The van der Waals surface area contributed by atoms with Crippen molar-refractivity contribution in [3.05, 3.63) is 64.8 Å². The Kier molecular flexibility index (Phi) is 7.17. The molecule has 39 heavy (non-hydrogen) atoms. The number of benzene rings is 1. The number of hydrogen-bond donors (Lipinski definition) is 0. The van der Waals surface area contributed by atoms with Crippen LogP contribution in [0.4, 0.5) is 23.4 Å². The number of piperazine rings is 1. The Morgan fingerprint density at radius 1 is 1.13 bits per heavy atom. The van der Waals surface area contributed by atoms with Gasteiger partial charge in [-0.25, -0.2) is 9.37 Å². The highest BCUT2D eigenvalue weighted by Crippen LogP contribution is 2.33. The first-order valence-corrected chi connectivity index (χ1v) is 13.1. The number of carbonyl (C=O) groups excluding carboxylic acids is 1. The highest BCUT2D eigenvalue weighted by atomic mass is 19.4. The average molecular weight is 545 g/mol. The summed E-state index contributed by atoms with van der Waals surface area (Å²) in [5, 5.41) is 0.516. The van der Waals surface area contributed by atoms with Crippen LogP contribution >= 0.6 is 0 Å². The summed E-state index contributed by atoms with van der Waals surface area (Å²) in [6.07, 6.45) is -0.960. The molecule has 0 aliphatic carbocycles. The molecule has 1 aromatic carbocycles. The molecule has 0 bridgehead atoms. The number of amides is 1. The highest BCUT2D eigenvalue weighted by molar-refractivity contribution is 5.87. The lowest BCUT2D eigenvalue weighted by Gasteiger charge is -2.45. The third-order valence-electron chi connectivity index (χ3n) is 7.97. The van der Waals surface area contributed by atoms with Gasteiger partial charge in [-0.05, 0) is 69.5 Å². The predicted molar refractivity (Wildman–Crippen MR) is 142 cm³/mol. The summed E-state index contributed by atoms with van der Waals surface area (Å²) in [4.78, 5) is 23.1. The molecular formula is C29H32F4N4O2. The summed E-state index contributed by atoms with van der Waals surface area (Å²) in [5.74, 6) is 0.917. The van der Waals surface area contributed by atoms with Crippen LogP contribution in [0.3, 0.4) is 0 Å². The van der Waals surface area contributed by atoms with Gasteiger partial charge in [0.15, 0.2) is 0 Å². The van der Waals surface area contributed by atoms with Crippen molar-refractivity contribution in [3.8, 4) is 0 Å². The van der Waals surface area contributed by atoms with E-state index < -0.39 is 11.7 Å². The monoisotopic (exact) mass is 544 g/mol. The standard InChI is InChI=1S/C29H32F4N4O2/c1-17-14-36(26-6-5-23(13-34-26)29(31,32)33)15-18(2)37(17)16-27(38)35-9-7-21(8-10-35)22-11-24(30)28-19(3)20(4)39-25(28)12-22/h5-7,11-13,17-18H,8-10,14-16H2,1-4H3/t17-,18+. The van der Waals surface area contributed by atoms with E-state index in [9.17, 15) is 22.4 Å². The van der Waals surface area contributed by atoms with Gasteiger partial charge in [0.1, 0.15) is 23.0 Å². The molecule has 2 aliphatic heterocycles. The molecule has 6 nitrogen and oxygen atoms in total. The smallest absolute Gasteiger partial charge is 0.417 e. The largest absolute Gasteiger partial charge is 0.461 e. The Morgan fingerprint density at radius 2 is 1.85 bits per heavy atom. The van der Waals surface area contributed by atoms with E-state index in [0.29, 0.717) is 55.1 Å². The second-order valence-corrected chi connectivity index (χ2v) is 10.6. The van der Waals surface area contributed by atoms with Gasteiger partial charge < -0.3 is 14.2 Å². The van der Waals surface area contributed by atoms with Crippen molar-refractivity contribution in [2.24, 2.45) is 0 Å². The summed E-state index contributed by atoms with van der Waals surface area (Å²) in [5.41, 5.74) is 2.34. The lowest BCUT2D eigenvalue weighted by molar-refractivity contribution is -0.137. The molecule has 10 heteroatoms. The van der Waals surface area contributed by atoms with Crippen LogP contribution in [-0.4, -0.2) is 65.5 Å². The zero-order valence-corrected chi connectivity index (χ0v) is 22.5. The van der Waals surface area contributed by atoms with Crippen molar-refractivity contribution in [1.29, 1.82) is 0 Å². The molecule has 0 radical (unpaired) electrons. The van der Waals surface area contributed by atoms with E-state index in [1.54, 1.807) is 6.07 Å².